The fourth-order valence-corrected chi connectivity index (χ4v) is 8.01. The lowest BCUT2D eigenvalue weighted by molar-refractivity contribution is 0.510. The zero-order valence-electron chi connectivity index (χ0n) is 29.0. The van der Waals surface area contributed by atoms with Crippen LogP contribution in [0.2, 0.25) is 0 Å². The van der Waals surface area contributed by atoms with Crippen LogP contribution in [-0.4, -0.2) is 16.2 Å². The Morgan fingerprint density at radius 2 is 1.37 bits per heavy atom. The number of fused-ring (bicyclic) bond motifs is 6. The number of allylic oxidation sites excluding steroid dienone is 3. The molecular formula is C47H36N4O. The van der Waals surface area contributed by atoms with Gasteiger partial charge in [0.15, 0.2) is 5.66 Å². The molecule has 0 radical (unpaired) electrons. The molecule has 1 N–H and O–H groups in total. The third-order valence-electron chi connectivity index (χ3n) is 10.6. The monoisotopic (exact) mass is 672 g/mol. The molecule has 0 spiro atoms. The van der Waals surface area contributed by atoms with Crippen LogP contribution in [0.5, 0.6) is 0 Å². The Balaban J connectivity index is 1.11. The van der Waals surface area contributed by atoms with Gasteiger partial charge < -0.3 is 14.3 Å². The van der Waals surface area contributed by atoms with Crippen LogP contribution in [0.3, 0.4) is 0 Å². The van der Waals surface area contributed by atoms with E-state index in [2.05, 4.69) is 163 Å². The van der Waals surface area contributed by atoms with Crippen molar-refractivity contribution in [2.45, 2.75) is 25.9 Å². The second-order valence-electron chi connectivity index (χ2n) is 14.1. The van der Waals surface area contributed by atoms with Crippen LogP contribution in [0.15, 0.2) is 178 Å². The van der Waals surface area contributed by atoms with Gasteiger partial charge in [-0.2, -0.15) is 0 Å². The number of nitrogens with one attached hydrogen (secondary N) is 1. The van der Waals surface area contributed by atoms with Gasteiger partial charge in [0.1, 0.15) is 22.8 Å². The van der Waals surface area contributed by atoms with Crippen LogP contribution in [0.1, 0.15) is 31.4 Å². The summed E-state index contributed by atoms with van der Waals surface area (Å²) in [6.45, 7) is 4.33. The number of rotatable bonds is 5. The molecule has 3 heterocycles. The molecule has 2 aliphatic rings. The van der Waals surface area contributed by atoms with Crippen LogP contribution in [-0.2, 0) is 5.66 Å². The normalized spacial score (nSPS) is 18.8. The summed E-state index contributed by atoms with van der Waals surface area (Å²) in [5, 5.41) is 8.17. The van der Waals surface area contributed by atoms with E-state index in [1.54, 1.807) is 0 Å². The van der Waals surface area contributed by atoms with E-state index in [4.69, 9.17) is 14.4 Å². The number of hydrogen-bond donors (Lipinski definition) is 1. The highest BCUT2D eigenvalue weighted by molar-refractivity contribution is 6.16. The van der Waals surface area contributed by atoms with E-state index >= 15 is 0 Å². The number of amidine groups is 2. The van der Waals surface area contributed by atoms with Crippen LogP contribution < -0.4 is 5.32 Å². The number of benzene rings is 6. The molecule has 0 amide bonds. The van der Waals surface area contributed by atoms with E-state index in [9.17, 15) is 0 Å². The number of aromatic nitrogens is 1. The molecule has 5 heteroatoms. The molecule has 0 fully saturated rings. The van der Waals surface area contributed by atoms with E-state index in [-0.39, 0.29) is 0 Å². The number of nitrogens with zero attached hydrogens (tertiary/aromatic N) is 3. The zero-order chi connectivity index (χ0) is 34.8. The highest BCUT2D eigenvalue weighted by atomic mass is 16.3. The predicted molar refractivity (Wildman–Crippen MR) is 215 cm³/mol. The van der Waals surface area contributed by atoms with Crippen molar-refractivity contribution < 1.29 is 4.42 Å². The Kier molecular flexibility index (Phi) is 6.90. The molecule has 0 saturated heterocycles. The fraction of sp³-hybridized carbons (Fsp3) is 0.106. The first-order chi connectivity index (χ1) is 25.5. The van der Waals surface area contributed by atoms with Crippen molar-refractivity contribution in [3.63, 3.8) is 0 Å². The average Bonchev–Trinajstić information content (AvgIpc) is 3.73. The second kappa shape index (κ2) is 11.8. The van der Waals surface area contributed by atoms with E-state index < -0.39 is 5.66 Å². The van der Waals surface area contributed by atoms with Crippen LogP contribution in [0.25, 0.3) is 60.6 Å². The summed E-state index contributed by atoms with van der Waals surface area (Å²) in [6, 6.07) is 49.2. The van der Waals surface area contributed by atoms with Gasteiger partial charge in [0.25, 0.3) is 0 Å². The van der Waals surface area contributed by atoms with Gasteiger partial charge in [-0.1, -0.05) is 122 Å². The molecule has 1 aliphatic heterocycles. The summed E-state index contributed by atoms with van der Waals surface area (Å²) < 4.78 is 9.18. The van der Waals surface area contributed by atoms with E-state index in [1.165, 1.54) is 27.4 Å². The largest absolute Gasteiger partial charge is 0.456 e. The molecule has 0 saturated carbocycles. The summed E-state index contributed by atoms with van der Waals surface area (Å²) >= 11 is 0. The van der Waals surface area contributed by atoms with Crippen LogP contribution in [0, 0.1) is 5.92 Å². The maximum atomic E-state index is 6.83. The molecule has 0 bridgehead atoms. The fourth-order valence-electron chi connectivity index (χ4n) is 8.01. The van der Waals surface area contributed by atoms with Crippen molar-refractivity contribution in [3.8, 4) is 16.8 Å². The molecule has 1 aliphatic carbocycles. The lowest BCUT2D eigenvalue weighted by Crippen LogP contribution is -2.41. The third-order valence-corrected chi connectivity index (χ3v) is 10.6. The molecular weight excluding hydrogens is 637 g/mol. The lowest BCUT2D eigenvalue weighted by atomic mass is 9.93. The Bertz CT molecular complexity index is 2820. The van der Waals surface area contributed by atoms with Gasteiger partial charge in [-0.15, -0.1) is 0 Å². The minimum absolute atomic E-state index is 0.436. The smallest absolute Gasteiger partial charge is 0.181 e. The van der Waals surface area contributed by atoms with E-state index in [1.807, 2.05) is 18.2 Å². The summed E-state index contributed by atoms with van der Waals surface area (Å²) in [7, 11) is 0. The number of furan rings is 1. The summed E-state index contributed by atoms with van der Waals surface area (Å²) in [6.07, 6.45) is 7.45. The Hall–Kier alpha value is -6.46. The summed E-state index contributed by atoms with van der Waals surface area (Å²) in [5.74, 6) is 2.09. The molecule has 2 aromatic heterocycles. The topological polar surface area (TPSA) is 54.8 Å². The van der Waals surface area contributed by atoms with Crippen molar-refractivity contribution in [1.82, 2.24) is 9.88 Å². The molecule has 250 valence electrons. The number of aliphatic imine (C=N–C) groups is 2. The number of para-hydroxylation sites is 3. The van der Waals surface area contributed by atoms with Crippen molar-refractivity contribution in [1.29, 1.82) is 0 Å². The second-order valence-corrected chi connectivity index (χ2v) is 14.1. The molecule has 8 aromatic rings. The van der Waals surface area contributed by atoms with Gasteiger partial charge in [-0.25, -0.2) is 9.98 Å². The van der Waals surface area contributed by atoms with Crippen LogP contribution in [0.4, 0.5) is 0 Å². The van der Waals surface area contributed by atoms with Crippen molar-refractivity contribution in [3.05, 3.63) is 174 Å². The first kappa shape index (κ1) is 30.4. The maximum absolute atomic E-state index is 6.83. The standard InChI is InChI=1S/C47H36N4O/c1-30-13-11-16-34(27-30)46-48-45(31-14-5-3-6-15-31)49-47(2,50-46)40-21-12-20-38-37-25-23-33(29-43(37)52-44(38)40)32-24-26-42-39(28-32)36-19-9-10-22-41(36)51(42)35-17-7-4-8-18-35/h3-26,28-30H,27H2,1-2H3,(H,48,49,50). The molecule has 6 aromatic carbocycles. The van der Waals surface area contributed by atoms with Gasteiger partial charge in [-0.05, 0) is 78.4 Å². The van der Waals surface area contributed by atoms with Crippen LogP contribution >= 0.6 is 0 Å². The highest BCUT2D eigenvalue weighted by Gasteiger charge is 2.35. The van der Waals surface area contributed by atoms with Gasteiger partial charge >= 0.3 is 0 Å². The summed E-state index contributed by atoms with van der Waals surface area (Å²) in [5.41, 5.74) is 9.66. The molecule has 5 nitrogen and oxygen atoms in total. The molecule has 52 heavy (non-hydrogen) atoms. The lowest BCUT2D eigenvalue weighted by Gasteiger charge is -2.31. The van der Waals surface area contributed by atoms with Gasteiger partial charge in [0, 0.05) is 38.4 Å². The minimum Gasteiger partial charge on any atom is -0.456 e. The summed E-state index contributed by atoms with van der Waals surface area (Å²) in [4.78, 5) is 10.6. The van der Waals surface area contributed by atoms with Crippen molar-refractivity contribution in [2.24, 2.45) is 15.9 Å². The SMILES string of the molecule is CC1C=CC=C(C2=NC(C)(c3cccc4c3oc3cc(-c5ccc6c(c5)c5ccccc5n6-c5ccccc5)ccc34)N=C(c3ccccc3)N2)C1. The Morgan fingerprint density at radius 1 is 0.654 bits per heavy atom. The zero-order valence-corrected chi connectivity index (χ0v) is 29.0. The average molecular weight is 673 g/mol. The highest BCUT2D eigenvalue weighted by Crippen LogP contribution is 2.42. The van der Waals surface area contributed by atoms with Gasteiger partial charge in [-0.3, -0.25) is 0 Å². The minimum atomic E-state index is -0.911. The van der Waals surface area contributed by atoms with E-state index in [0.717, 1.165) is 68.0 Å². The third kappa shape index (κ3) is 4.92. The first-order valence-electron chi connectivity index (χ1n) is 18.0. The van der Waals surface area contributed by atoms with Crippen molar-refractivity contribution >= 4 is 55.4 Å². The maximum Gasteiger partial charge on any atom is 0.181 e. The Labute approximate surface area is 302 Å². The quantitative estimate of drug-likeness (QED) is 0.198. The Morgan fingerprint density at radius 3 is 2.21 bits per heavy atom. The predicted octanol–water partition coefficient (Wildman–Crippen LogP) is 11.5. The van der Waals surface area contributed by atoms with E-state index in [0.29, 0.717) is 5.92 Å². The van der Waals surface area contributed by atoms with Crippen molar-refractivity contribution in [2.75, 3.05) is 0 Å². The molecule has 10 rings (SSSR count). The molecule has 2 unspecified atom stereocenters. The van der Waals surface area contributed by atoms with Gasteiger partial charge in [0.2, 0.25) is 0 Å². The molecule has 2 atom stereocenters. The first-order valence-corrected chi connectivity index (χ1v) is 18.0. The number of hydrogen-bond acceptors (Lipinski definition) is 4. The van der Waals surface area contributed by atoms with Gasteiger partial charge in [0.05, 0.1) is 11.0 Å².